The van der Waals surface area contributed by atoms with Crippen LogP contribution in [-0.2, 0) is 0 Å². The lowest BCUT2D eigenvalue weighted by atomic mass is 10.1. The van der Waals surface area contributed by atoms with E-state index in [0.29, 0.717) is 6.04 Å². The molecule has 4 heteroatoms. The molecular formula is C17H16N2O2. The maximum atomic E-state index is 11.0. The van der Waals surface area contributed by atoms with E-state index < -0.39 is 0 Å². The topological polar surface area (TPSA) is 48.1 Å². The number of non-ortho nitro benzene ring substituents is 1. The Hall–Kier alpha value is -2.36. The summed E-state index contributed by atoms with van der Waals surface area (Å²) < 4.78 is 2.39. The molecule has 0 amide bonds. The van der Waals surface area contributed by atoms with Gasteiger partial charge in [0.15, 0.2) is 0 Å². The van der Waals surface area contributed by atoms with Gasteiger partial charge in [-0.05, 0) is 25.0 Å². The van der Waals surface area contributed by atoms with Crippen molar-refractivity contribution in [2.75, 3.05) is 0 Å². The van der Waals surface area contributed by atoms with E-state index in [4.69, 9.17) is 0 Å². The van der Waals surface area contributed by atoms with Crippen LogP contribution < -0.4 is 0 Å². The Morgan fingerprint density at radius 2 is 1.71 bits per heavy atom. The van der Waals surface area contributed by atoms with E-state index in [0.717, 1.165) is 16.3 Å². The summed E-state index contributed by atoms with van der Waals surface area (Å²) in [7, 11) is 0. The zero-order valence-electron chi connectivity index (χ0n) is 11.7. The van der Waals surface area contributed by atoms with Gasteiger partial charge in [0.1, 0.15) is 0 Å². The maximum Gasteiger partial charge on any atom is 0.270 e. The molecule has 4 rings (SSSR count). The fourth-order valence-corrected chi connectivity index (χ4v) is 3.66. The summed E-state index contributed by atoms with van der Waals surface area (Å²) in [5, 5.41) is 13.1. The first kappa shape index (κ1) is 12.4. The predicted octanol–water partition coefficient (Wildman–Crippen LogP) is 4.82. The van der Waals surface area contributed by atoms with E-state index in [1.165, 1.54) is 31.2 Å². The Labute approximate surface area is 122 Å². The number of benzene rings is 2. The zero-order chi connectivity index (χ0) is 14.4. The summed E-state index contributed by atoms with van der Waals surface area (Å²) in [6.07, 6.45) is 4.94. The number of nitro benzene ring substituents is 1. The molecule has 3 aromatic rings. The second-order valence-corrected chi connectivity index (χ2v) is 5.78. The Kier molecular flexibility index (Phi) is 2.70. The van der Waals surface area contributed by atoms with Gasteiger partial charge in [0.05, 0.1) is 4.92 Å². The summed E-state index contributed by atoms with van der Waals surface area (Å²) in [5.41, 5.74) is 2.48. The number of fused-ring (bicyclic) bond motifs is 3. The van der Waals surface area contributed by atoms with Crippen LogP contribution in [0.1, 0.15) is 31.7 Å². The molecule has 0 atom stereocenters. The van der Waals surface area contributed by atoms with Gasteiger partial charge in [-0.15, -0.1) is 0 Å². The minimum atomic E-state index is -0.318. The van der Waals surface area contributed by atoms with E-state index in [9.17, 15) is 10.1 Å². The van der Waals surface area contributed by atoms with Gasteiger partial charge < -0.3 is 4.57 Å². The van der Waals surface area contributed by atoms with E-state index in [1.54, 1.807) is 12.1 Å². The van der Waals surface area contributed by atoms with E-state index in [-0.39, 0.29) is 10.6 Å². The van der Waals surface area contributed by atoms with Crippen LogP contribution in [0.25, 0.3) is 21.8 Å². The number of para-hydroxylation sites is 1. The monoisotopic (exact) mass is 280 g/mol. The molecule has 1 heterocycles. The van der Waals surface area contributed by atoms with Crippen LogP contribution in [0.3, 0.4) is 0 Å². The van der Waals surface area contributed by atoms with Crippen LogP contribution in [0, 0.1) is 10.1 Å². The molecule has 1 fully saturated rings. The number of hydrogen-bond donors (Lipinski definition) is 0. The van der Waals surface area contributed by atoms with E-state index in [1.807, 2.05) is 18.2 Å². The van der Waals surface area contributed by atoms with Crippen molar-refractivity contribution in [2.45, 2.75) is 31.7 Å². The molecule has 1 aliphatic carbocycles. The van der Waals surface area contributed by atoms with Gasteiger partial charge in [-0.25, -0.2) is 0 Å². The van der Waals surface area contributed by atoms with Gasteiger partial charge in [0, 0.05) is 40.0 Å². The highest BCUT2D eigenvalue weighted by Crippen LogP contribution is 2.39. The molecule has 21 heavy (non-hydrogen) atoms. The molecule has 0 saturated heterocycles. The number of nitro groups is 1. The van der Waals surface area contributed by atoms with Gasteiger partial charge in [-0.2, -0.15) is 0 Å². The molecule has 1 aromatic heterocycles. The normalized spacial score (nSPS) is 16.0. The molecule has 2 aromatic carbocycles. The predicted molar refractivity (Wildman–Crippen MR) is 83.6 cm³/mol. The third kappa shape index (κ3) is 1.82. The molecular weight excluding hydrogens is 264 g/mol. The quantitative estimate of drug-likeness (QED) is 0.499. The number of nitrogens with zero attached hydrogens (tertiary/aromatic N) is 2. The Bertz CT molecular complexity index is 844. The first-order valence-corrected chi connectivity index (χ1v) is 7.43. The molecule has 0 N–H and O–H groups in total. The van der Waals surface area contributed by atoms with Gasteiger partial charge in [-0.1, -0.05) is 31.0 Å². The van der Waals surface area contributed by atoms with Gasteiger partial charge in [0.25, 0.3) is 5.69 Å². The summed E-state index contributed by atoms with van der Waals surface area (Å²) in [6.45, 7) is 0. The minimum Gasteiger partial charge on any atom is -0.337 e. The minimum absolute atomic E-state index is 0.164. The highest BCUT2D eigenvalue weighted by molar-refractivity contribution is 6.08. The Morgan fingerprint density at radius 1 is 1.00 bits per heavy atom. The van der Waals surface area contributed by atoms with Crippen LogP contribution in [0.15, 0.2) is 42.5 Å². The fourth-order valence-electron chi connectivity index (χ4n) is 3.66. The van der Waals surface area contributed by atoms with Crippen LogP contribution in [-0.4, -0.2) is 9.49 Å². The summed E-state index contributed by atoms with van der Waals surface area (Å²) in [4.78, 5) is 10.7. The molecule has 106 valence electrons. The second-order valence-electron chi connectivity index (χ2n) is 5.78. The van der Waals surface area contributed by atoms with Crippen LogP contribution >= 0.6 is 0 Å². The van der Waals surface area contributed by atoms with Crippen molar-refractivity contribution in [3.63, 3.8) is 0 Å². The van der Waals surface area contributed by atoms with Gasteiger partial charge >= 0.3 is 0 Å². The maximum absolute atomic E-state index is 11.0. The lowest BCUT2D eigenvalue weighted by Gasteiger charge is -2.15. The number of hydrogen-bond acceptors (Lipinski definition) is 2. The first-order valence-electron chi connectivity index (χ1n) is 7.43. The highest BCUT2D eigenvalue weighted by Gasteiger charge is 2.22. The van der Waals surface area contributed by atoms with Crippen molar-refractivity contribution >= 4 is 27.5 Å². The Balaban J connectivity index is 2.07. The average molecular weight is 280 g/mol. The standard InChI is InChI=1S/C17H16N2O2/c20-19(21)13-9-10-17-15(11-13)14-7-3-4-8-16(14)18(17)12-5-1-2-6-12/h3-4,7-12H,1-2,5-6H2. The van der Waals surface area contributed by atoms with Crippen molar-refractivity contribution < 1.29 is 4.92 Å². The van der Waals surface area contributed by atoms with Crippen LogP contribution in [0.5, 0.6) is 0 Å². The van der Waals surface area contributed by atoms with Crippen molar-refractivity contribution in [1.82, 2.24) is 4.57 Å². The SMILES string of the molecule is O=[N+]([O-])c1ccc2c(c1)c1ccccc1n2C1CCCC1. The third-order valence-electron chi connectivity index (χ3n) is 4.59. The summed E-state index contributed by atoms with van der Waals surface area (Å²) in [5.74, 6) is 0. The van der Waals surface area contributed by atoms with E-state index in [2.05, 4.69) is 16.7 Å². The van der Waals surface area contributed by atoms with Crippen LogP contribution in [0.4, 0.5) is 5.69 Å². The molecule has 0 spiro atoms. The van der Waals surface area contributed by atoms with E-state index >= 15 is 0 Å². The number of aromatic nitrogens is 1. The molecule has 0 bridgehead atoms. The van der Waals surface area contributed by atoms with Crippen molar-refractivity contribution in [3.05, 3.63) is 52.6 Å². The lowest BCUT2D eigenvalue weighted by molar-refractivity contribution is -0.384. The second kappa shape index (κ2) is 4.58. The lowest BCUT2D eigenvalue weighted by Crippen LogP contribution is -2.03. The zero-order valence-corrected chi connectivity index (χ0v) is 11.7. The molecule has 0 radical (unpaired) electrons. The molecule has 4 nitrogen and oxygen atoms in total. The summed E-state index contributed by atoms with van der Waals surface area (Å²) in [6, 6.07) is 14.0. The van der Waals surface area contributed by atoms with Crippen molar-refractivity contribution in [1.29, 1.82) is 0 Å². The average Bonchev–Trinajstić information content (AvgIpc) is 3.11. The smallest absolute Gasteiger partial charge is 0.270 e. The molecule has 0 aliphatic heterocycles. The number of rotatable bonds is 2. The molecule has 0 unspecified atom stereocenters. The largest absolute Gasteiger partial charge is 0.337 e. The molecule has 1 aliphatic rings. The molecule has 1 saturated carbocycles. The first-order chi connectivity index (χ1) is 10.3. The highest BCUT2D eigenvalue weighted by atomic mass is 16.6. The van der Waals surface area contributed by atoms with Gasteiger partial charge in [0.2, 0.25) is 0 Å². The van der Waals surface area contributed by atoms with Crippen molar-refractivity contribution in [3.8, 4) is 0 Å². The van der Waals surface area contributed by atoms with Gasteiger partial charge in [-0.3, -0.25) is 10.1 Å². The van der Waals surface area contributed by atoms with Crippen molar-refractivity contribution in [2.24, 2.45) is 0 Å². The summed E-state index contributed by atoms with van der Waals surface area (Å²) >= 11 is 0. The fraction of sp³-hybridized carbons (Fsp3) is 0.294. The third-order valence-corrected chi connectivity index (χ3v) is 4.59. The van der Waals surface area contributed by atoms with Crippen LogP contribution in [0.2, 0.25) is 0 Å². The Morgan fingerprint density at radius 3 is 2.48 bits per heavy atom.